The van der Waals surface area contributed by atoms with Gasteiger partial charge in [-0.2, -0.15) is 0 Å². The van der Waals surface area contributed by atoms with Crippen molar-refractivity contribution in [3.05, 3.63) is 53.3 Å². The van der Waals surface area contributed by atoms with Crippen LogP contribution in [0.5, 0.6) is 5.75 Å². The van der Waals surface area contributed by atoms with E-state index in [4.69, 9.17) is 14.3 Å². The molecule has 0 bridgehead atoms. The Morgan fingerprint density at radius 1 is 1.15 bits per heavy atom. The number of nitrogens with zero attached hydrogens (tertiary/aromatic N) is 3. The van der Waals surface area contributed by atoms with Crippen molar-refractivity contribution in [3.63, 3.8) is 0 Å². The molecule has 2 aromatic carbocycles. The number of ether oxygens (including phenoxy) is 2. The van der Waals surface area contributed by atoms with Gasteiger partial charge in [0, 0.05) is 58.4 Å². The Balaban J connectivity index is 1.13. The summed E-state index contributed by atoms with van der Waals surface area (Å²) in [6.45, 7) is 6.80. The molecule has 0 unspecified atom stereocenters. The minimum Gasteiger partial charge on any atom is -0.493 e. The summed E-state index contributed by atoms with van der Waals surface area (Å²) < 4.78 is 25.3. The van der Waals surface area contributed by atoms with Crippen molar-refractivity contribution in [1.82, 2.24) is 9.80 Å². The molecule has 3 heterocycles. The SMILES string of the molecule is COCCCOc1cc(CN2CC3(CC(N4CCC(C)(C(=O)O)CC4)=NO3)C2)cc(C2CC2)c1-c1ccc(F)cc1. The first-order valence-corrected chi connectivity index (χ1v) is 14.8. The highest BCUT2D eigenvalue weighted by Crippen LogP contribution is 2.48. The predicted octanol–water partition coefficient (Wildman–Crippen LogP) is 5.26. The molecule has 1 spiro atoms. The predicted molar refractivity (Wildman–Crippen MR) is 153 cm³/mol. The molecule has 6 rings (SSSR count). The second-order valence-corrected chi connectivity index (χ2v) is 12.5. The number of carbonyl (C=O) groups is 1. The van der Waals surface area contributed by atoms with Gasteiger partial charge in [0.05, 0.1) is 18.4 Å². The smallest absolute Gasteiger partial charge is 0.309 e. The lowest BCUT2D eigenvalue weighted by Gasteiger charge is -2.46. The standard InChI is InChI=1S/C32H40FN3O5/c1-31(30(37)38)10-12-36(13-11-31)28-18-32(41-34-28)20-35(21-32)19-22-16-26(23-4-5-23)29(24-6-8-25(33)9-7-24)27(17-22)40-15-3-14-39-2/h6-9,16-17,23H,3-5,10-15,18-21H2,1-2H3,(H,37,38). The third kappa shape index (κ3) is 5.93. The van der Waals surface area contributed by atoms with Crippen LogP contribution in [0.15, 0.2) is 41.6 Å². The van der Waals surface area contributed by atoms with Crippen molar-refractivity contribution in [3.8, 4) is 16.9 Å². The molecule has 8 nitrogen and oxygen atoms in total. The Morgan fingerprint density at radius 3 is 2.54 bits per heavy atom. The molecule has 4 aliphatic rings. The van der Waals surface area contributed by atoms with Crippen LogP contribution in [0.2, 0.25) is 0 Å². The van der Waals surface area contributed by atoms with Crippen molar-refractivity contribution < 1.29 is 28.6 Å². The van der Waals surface area contributed by atoms with E-state index in [2.05, 4.69) is 27.1 Å². The van der Waals surface area contributed by atoms with E-state index in [9.17, 15) is 14.3 Å². The van der Waals surface area contributed by atoms with Gasteiger partial charge in [0.1, 0.15) is 17.4 Å². The lowest BCUT2D eigenvalue weighted by atomic mass is 9.80. The largest absolute Gasteiger partial charge is 0.493 e. The average molecular weight is 566 g/mol. The van der Waals surface area contributed by atoms with Gasteiger partial charge < -0.3 is 24.3 Å². The average Bonchev–Trinajstić information content (AvgIpc) is 3.70. The van der Waals surface area contributed by atoms with Crippen molar-refractivity contribution in [1.29, 1.82) is 0 Å². The van der Waals surface area contributed by atoms with E-state index in [1.807, 2.05) is 19.1 Å². The lowest BCUT2D eigenvalue weighted by Crippen LogP contribution is -2.61. The molecule has 9 heteroatoms. The van der Waals surface area contributed by atoms with Crippen LogP contribution in [0.1, 0.15) is 62.5 Å². The van der Waals surface area contributed by atoms with E-state index in [1.165, 1.54) is 23.3 Å². The second-order valence-electron chi connectivity index (χ2n) is 12.5. The van der Waals surface area contributed by atoms with Crippen LogP contribution in [0, 0.1) is 11.2 Å². The van der Waals surface area contributed by atoms with Crippen molar-refractivity contribution >= 4 is 11.8 Å². The summed E-state index contributed by atoms with van der Waals surface area (Å²) in [5.41, 5.74) is 3.60. The summed E-state index contributed by atoms with van der Waals surface area (Å²) >= 11 is 0. The molecular formula is C32H40FN3O5. The van der Waals surface area contributed by atoms with Crippen molar-refractivity contribution in [2.75, 3.05) is 46.5 Å². The molecule has 0 atom stereocenters. The Labute approximate surface area is 241 Å². The molecule has 3 fully saturated rings. The van der Waals surface area contributed by atoms with Gasteiger partial charge in [-0.3, -0.25) is 9.69 Å². The number of likely N-dealkylation sites (tertiary alicyclic amines) is 2. The minimum atomic E-state index is -0.716. The summed E-state index contributed by atoms with van der Waals surface area (Å²) in [7, 11) is 1.69. The number of benzene rings is 2. The maximum atomic E-state index is 13.7. The van der Waals surface area contributed by atoms with Crippen LogP contribution in [-0.4, -0.2) is 78.8 Å². The summed E-state index contributed by atoms with van der Waals surface area (Å²) in [5.74, 6) is 1.34. The van der Waals surface area contributed by atoms with E-state index < -0.39 is 11.4 Å². The van der Waals surface area contributed by atoms with Gasteiger partial charge in [0.25, 0.3) is 0 Å². The fourth-order valence-electron chi connectivity index (χ4n) is 6.38. The summed E-state index contributed by atoms with van der Waals surface area (Å²) in [4.78, 5) is 22.2. The van der Waals surface area contributed by atoms with Gasteiger partial charge in [0.15, 0.2) is 5.60 Å². The number of carboxylic acid groups (broad SMARTS) is 1. The number of amidine groups is 1. The highest BCUT2D eigenvalue weighted by Gasteiger charge is 2.51. The Hall–Kier alpha value is -3.17. The maximum absolute atomic E-state index is 13.7. The molecule has 2 aromatic rings. The number of aliphatic carboxylic acids is 1. The molecule has 0 aromatic heterocycles. The number of hydrogen-bond acceptors (Lipinski definition) is 7. The Bertz CT molecular complexity index is 1300. The number of oxime groups is 1. The van der Waals surface area contributed by atoms with Gasteiger partial charge >= 0.3 is 5.97 Å². The van der Waals surface area contributed by atoms with Gasteiger partial charge in [-0.25, -0.2) is 4.39 Å². The van der Waals surface area contributed by atoms with E-state index in [-0.39, 0.29) is 11.4 Å². The normalized spacial score (nSPS) is 21.3. The minimum absolute atomic E-state index is 0.243. The Morgan fingerprint density at radius 2 is 1.88 bits per heavy atom. The van der Waals surface area contributed by atoms with E-state index in [0.29, 0.717) is 45.1 Å². The van der Waals surface area contributed by atoms with Gasteiger partial charge in [0.2, 0.25) is 0 Å². The highest BCUT2D eigenvalue weighted by molar-refractivity contribution is 5.85. The van der Waals surface area contributed by atoms with Crippen LogP contribution in [-0.2, 0) is 20.9 Å². The van der Waals surface area contributed by atoms with Crippen LogP contribution in [0.4, 0.5) is 4.39 Å². The number of carboxylic acids is 1. The quantitative estimate of drug-likeness (QED) is 0.394. The molecule has 1 saturated carbocycles. The number of hydrogen-bond donors (Lipinski definition) is 1. The lowest BCUT2D eigenvalue weighted by molar-refractivity contribution is -0.150. The summed E-state index contributed by atoms with van der Waals surface area (Å²) in [6, 6.07) is 11.2. The molecule has 3 aliphatic heterocycles. The van der Waals surface area contributed by atoms with E-state index in [0.717, 1.165) is 68.0 Å². The zero-order valence-corrected chi connectivity index (χ0v) is 24.0. The first kappa shape index (κ1) is 28.0. The number of piperidine rings is 1. The number of halogens is 1. The zero-order valence-electron chi connectivity index (χ0n) is 24.0. The van der Waals surface area contributed by atoms with Gasteiger partial charge in [-0.15, -0.1) is 0 Å². The van der Waals surface area contributed by atoms with Crippen molar-refractivity contribution in [2.24, 2.45) is 10.6 Å². The molecular weight excluding hydrogens is 525 g/mol. The van der Waals surface area contributed by atoms with Crippen molar-refractivity contribution in [2.45, 2.75) is 63.5 Å². The first-order valence-electron chi connectivity index (χ1n) is 14.8. The van der Waals surface area contributed by atoms with Crippen LogP contribution in [0.3, 0.4) is 0 Å². The summed E-state index contributed by atoms with van der Waals surface area (Å²) in [6.07, 6.45) is 5.11. The monoisotopic (exact) mass is 565 g/mol. The first-order chi connectivity index (χ1) is 19.8. The van der Waals surface area contributed by atoms with Crippen LogP contribution >= 0.6 is 0 Å². The second kappa shape index (κ2) is 11.2. The van der Waals surface area contributed by atoms with Crippen LogP contribution < -0.4 is 4.74 Å². The molecule has 0 amide bonds. The number of rotatable bonds is 10. The van der Waals surface area contributed by atoms with E-state index in [1.54, 1.807) is 7.11 Å². The molecule has 220 valence electrons. The fraction of sp³-hybridized carbons (Fsp3) is 0.562. The third-order valence-corrected chi connectivity index (χ3v) is 9.10. The highest BCUT2D eigenvalue weighted by atomic mass is 19.1. The molecule has 1 aliphatic carbocycles. The topological polar surface area (TPSA) is 83.8 Å². The number of methoxy groups -OCH3 is 1. The maximum Gasteiger partial charge on any atom is 0.309 e. The fourth-order valence-corrected chi connectivity index (χ4v) is 6.38. The zero-order chi connectivity index (χ0) is 28.6. The molecule has 2 saturated heterocycles. The molecule has 0 radical (unpaired) electrons. The summed E-state index contributed by atoms with van der Waals surface area (Å²) in [5, 5.41) is 14.0. The Kier molecular flexibility index (Phi) is 7.68. The molecule has 1 N–H and O–H groups in total. The van der Waals surface area contributed by atoms with Gasteiger partial charge in [-0.1, -0.05) is 23.4 Å². The van der Waals surface area contributed by atoms with E-state index >= 15 is 0 Å². The van der Waals surface area contributed by atoms with Crippen LogP contribution in [0.25, 0.3) is 11.1 Å². The third-order valence-electron chi connectivity index (χ3n) is 9.10. The van der Waals surface area contributed by atoms with Gasteiger partial charge in [-0.05, 0) is 73.4 Å². The molecule has 41 heavy (non-hydrogen) atoms.